The average molecular weight is 422 g/mol. The first kappa shape index (κ1) is 18.0. The van der Waals surface area contributed by atoms with E-state index in [4.69, 9.17) is 11.6 Å². The van der Waals surface area contributed by atoms with Crippen molar-refractivity contribution < 1.29 is 9.59 Å². The Balaban J connectivity index is 1.74. The highest BCUT2D eigenvalue weighted by Gasteiger charge is 2.35. The summed E-state index contributed by atoms with van der Waals surface area (Å²) in [5.41, 5.74) is 3.38. The minimum atomic E-state index is -0.380. The zero-order valence-corrected chi connectivity index (χ0v) is 16.3. The van der Waals surface area contributed by atoms with E-state index in [1.807, 2.05) is 38.1 Å². The van der Waals surface area contributed by atoms with E-state index in [1.54, 1.807) is 17.0 Å². The number of aryl methyl sites for hydroxylation is 1. The number of carbonyl (C=O) groups excluding carboxylic acids is 2. The number of amides is 2. The van der Waals surface area contributed by atoms with E-state index >= 15 is 0 Å². The molecule has 3 rings (SSSR count). The predicted octanol–water partition coefficient (Wildman–Crippen LogP) is 4.71. The van der Waals surface area contributed by atoms with Gasteiger partial charge in [0.05, 0.1) is 10.9 Å². The van der Waals surface area contributed by atoms with Gasteiger partial charge in [-0.05, 0) is 65.2 Å². The van der Waals surface area contributed by atoms with Gasteiger partial charge in [0.2, 0.25) is 11.8 Å². The summed E-state index contributed by atoms with van der Waals surface area (Å²) in [6, 6.07) is 11.3. The molecule has 1 aliphatic heterocycles. The molecule has 1 saturated heterocycles. The molecule has 0 unspecified atom stereocenters. The van der Waals surface area contributed by atoms with Crippen molar-refractivity contribution in [3.05, 3.63) is 57.0 Å². The Bertz CT molecular complexity index is 853. The van der Waals surface area contributed by atoms with E-state index in [0.29, 0.717) is 17.3 Å². The molecule has 2 aromatic carbocycles. The number of halogens is 2. The first-order valence-electron chi connectivity index (χ1n) is 7.99. The summed E-state index contributed by atoms with van der Waals surface area (Å²) < 4.78 is 0.784. The van der Waals surface area contributed by atoms with E-state index in [2.05, 4.69) is 21.2 Å². The Hall–Kier alpha value is -1.85. The molecule has 0 aromatic heterocycles. The lowest BCUT2D eigenvalue weighted by Gasteiger charge is -2.17. The molecule has 2 aromatic rings. The third-order valence-electron chi connectivity index (χ3n) is 4.41. The van der Waals surface area contributed by atoms with Gasteiger partial charge in [-0.3, -0.25) is 9.59 Å². The average Bonchev–Trinajstić information content (AvgIpc) is 2.97. The van der Waals surface area contributed by atoms with Crippen molar-refractivity contribution in [1.82, 2.24) is 0 Å². The molecule has 1 atom stereocenters. The third kappa shape index (κ3) is 3.72. The van der Waals surface area contributed by atoms with Crippen molar-refractivity contribution in [2.24, 2.45) is 5.92 Å². The number of hydrogen-bond donors (Lipinski definition) is 1. The molecule has 1 aliphatic rings. The van der Waals surface area contributed by atoms with Crippen LogP contribution in [0.4, 0.5) is 11.4 Å². The van der Waals surface area contributed by atoms with Gasteiger partial charge in [0.1, 0.15) is 0 Å². The fraction of sp³-hybridized carbons (Fsp3) is 0.263. The number of nitrogens with zero attached hydrogens (tertiary/aromatic N) is 1. The van der Waals surface area contributed by atoms with Gasteiger partial charge in [0.15, 0.2) is 0 Å². The van der Waals surface area contributed by atoms with Crippen LogP contribution < -0.4 is 10.2 Å². The molecule has 2 amide bonds. The first-order chi connectivity index (χ1) is 11.9. The number of nitrogens with one attached hydrogen (secondary N) is 1. The lowest BCUT2D eigenvalue weighted by Crippen LogP contribution is -2.28. The molecule has 0 bridgehead atoms. The quantitative estimate of drug-likeness (QED) is 0.780. The molecular weight excluding hydrogens is 404 g/mol. The maximum Gasteiger partial charge on any atom is 0.229 e. The summed E-state index contributed by atoms with van der Waals surface area (Å²) in [4.78, 5) is 26.6. The second kappa shape index (κ2) is 7.18. The van der Waals surface area contributed by atoms with E-state index in [-0.39, 0.29) is 24.2 Å². The minimum absolute atomic E-state index is 0.0312. The smallest absolute Gasteiger partial charge is 0.229 e. The normalized spacial score (nSPS) is 17.0. The van der Waals surface area contributed by atoms with Crippen LogP contribution in [0, 0.1) is 19.8 Å². The predicted molar refractivity (Wildman–Crippen MR) is 104 cm³/mol. The van der Waals surface area contributed by atoms with Crippen molar-refractivity contribution in [2.75, 3.05) is 16.8 Å². The van der Waals surface area contributed by atoms with Crippen LogP contribution in [-0.2, 0) is 9.59 Å². The molecule has 0 saturated carbocycles. The van der Waals surface area contributed by atoms with Crippen LogP contribution in [0.5, 0.6) is 0 Å². The van der Waals surface area contributed by atoms with Gasteiger partial charge in [-0.15, -0.1) is 0 Å². The van der Waals surface area contributed by atoms with Crippen molar-refractivity contribution in [1.29, 1.82) is 0 Å². The number of hydrogen-bond acceptors (Lipinski definition) is 2. The molecule has 1 fully saturated rings. The van der Waals surface area contributed by atoms with Crippen LogP contribution in [0.1, 0.15) is 17.5 Å². The summed E-state index contributed by atoms with van der Waals surface area (Å²) in [5, 5.41) is 3.47. The first-order valence-corrected chi connectivity index (χ1v) is 9.16. The Morgan fingerprint density at radius 1 is 1.28 bits per heavy atom. The lowest BCUT2D eigenvalue weighted by molar-refractivity contribution is -0.122. The molecular formula is C19H18BrClN2O2. The van der Waals surface area contributed by atoms with Crippen LogP contribution in [-0.4, -0.2) is 18.4 Å². The molecule has 4 nitrogen and oxygen atoms in total. The van der Waals surface area contributed by atoms with Crippen molar-refractivity contribution >= 4 is 50.7 Å². The molecule has 25 heavy (non-hydrogen) atoms. The van der Waals surface area contributed by atoms with Crippen molar-refractivity contribution in [2.45, 2.75) is 20.3 Å². The molecule has 130 valence electrons. The minimum Gasteiger partial charge on any atom is -0.325 e. The zero-order chi connectivity index (χ0) is 18.1. The van der Waals surface area contributed by atoms with E-state index in [1.165, 1.54) is 0 Å². The van der Waals surface area contributed by atoms with Gasteiger partial charge in [0, 0.05) is 28.8 Å². The van der Waals surface area contributed by atoms with Gasteiger partial charge in [-0.2, -0.15) is 0 Å². The fourth-order valence-electron chi connectivity index (χ4n) is 2.95. The Kier molecular flexibility index (Phi) is 5.16. The summed E-state index contributed by atoms with van der Waals surface area (Å²) in [6.07, 6.45) is 0.211. The fourth-order valence-corrected chi connectivity index (χ4v) is 3.55. The zero-order valence-electron chi connectivity index (χ0n) is 14.0. The highest BCUT2D eigenvalue weighted by molar-refractivity contribution is 9.10. The van der Waals surface area contributed by atoms with Gasteiger partial charge in [-0.25, -0.2) is 0 Å². The topological polar surface area (TPSA) is 49.4 Å². The molecule has 0 radical (unpaired) electrons. The Morgan fingerprint density at radius 3 is 2.76 bits per heavy atom. The number of benzene rings is 2. The number of anilines is 2. The van der Waals surface area contributed by atoms with Gasteiger partial charge in [0.25, 0.3) is 0 Å². The summed E-state index contributed by atoms with van der Waals surface area (Å²) >= 11 is 9.57. The highest BCUT2D eigenvalue weighted by Crippen LogP contribution is 2.32. The summed E-state index contributed by atoms with van der Waals surface area (Å²) in [5.74, 6) is -0.573. The maximum absolute atomic E-state index is 12.6. The second-order valence-electron chi connectivity index (χ2n) is 6.27. The standard InChI is InChI=1S/C19H18BrClN2O2/c1-11-4-3-5-14(8-11)23-10-13(9-17(23)24)19(25)22-16-7-6-15(20)18(21)12(16)2/h3-8,13H,9-10H2,1-2H3,(H,22,25)/t13-/m1/s1. The van der Waals surface area contributed by atoms with E-state index < -0.39 is 0 Å². The number of rotatable bonds is 3. The summed E-state index contributed by atoms with van der Waals surface area (Å²) in [7, 11) is 0. The van der Waals surface area contributed by atoms with Crippen LogP contribution in [0.15, 0.2) is 40.9 Å². The molecule has 0 spiro atoms. The van der Waals surface area contributed by atoms with Crippen molar-refractivity contribution in [3.8, 4) is 0 Å². The molecule has 1 N–H and O–H groups in total. The van der Waals surface area contributed by atoms with Crippen LogP contribution in [0.3, 0.4) is 0 Å². The third-order valence-corrected chi connectivity index (χ3v) is 5.78. The van der Waals surface area contributed by atoms with Gasteiger partial charge < -0.3 is 10.2 Å². The molecule has 6 heteroatoms. The monoisotopic (exact) mass is 420 g/mol. The van der Waals surface area contributed by atoms with Gasteiger partial charge in [-0.1, -0.05) is 23.7 Å². The Labute approximate surface area is 160 Å². The number of carbonyl (C=O) groups is 2. The maximum atomic E-state index is 12.6. The highest BCUT2D eigenvalue weighted by atomic mass is 79.9. The SMILES string of the molecule is Cc1cccc(N2C[C@H](C(=O)Nc3ccc(Br)c(Cl)c3C)CC2=O)c1. The van der Waals surface area contributed by atoms with Crippen LogP contribution in [0.2, 0.25) is 5.02 Å². The van der Waals surface area contributed by atoms with Gasteiger partial charge >= 0.3 is 0 Å². The Morgan fingerprint density at radius 2 is 2.04 bits per heavy atom. The van der Waals surface area contributed by atoms with Crippen LogP contribution in [0.25, 0.3) is 0 Å². The van der Waals surface area contributed by atoms with Crippen molar-refractivity contribution in [3.63, 3.8) is 0 Å². The lowest BCUT2D eigenvalue weighted by atomic mass is 10.1. The molecule has 1 heterocycles. The largest absolute Gasteiger partial charge is 0.325 e. The van der Waals surface area contributed by atoms with Crippen LogP contribution >= 0.6 is 27.5 Å². The molecule has 0 aliphatic carbocycles. The van der Waals surface area contributed by atoms with E-state index in [9.17, 15) is 9.59 Å². The second-order valence-corrected chi connectivity index (χ2v) is 7.50. The van der Waals surface area contributed by atoms with E-state index in [0.717, 1.165) is 21.3 Å². The summed E-state index contributed by atoms with van der Waals surface area (Å²) in [6.45, 7) is 4.22.